The summed E-state index contributed by atoms with van der Waals surface area (Å²) in [6, 6.07) is 16.5. The fraction of sp³-hybridized carbons (Fsp3) is 0.391. The summed E-state index contributed by atoms with van der Waals surface area (Å²) in [7, 11) is 0. The van der Waals surface area contributed by atoms with Crippen molar-refractivity contribution in [3.8, 4) is 0 Å². The van der Waals surface area contributed by atoms with Crippen LogP contribution < -0.4 is 5.32 Å². The van der Waals surface area contributed by atoms with E-state index in [9.17, 15) is 4.79 Å². The number of nitrogens with zero attached hydrogens (tertiary/aromatic N) is 2. The molecule has 0 aliphatic carbocycles. The minimum atomic E-state index is -0.0171. The Hall–Kier alpha value is -2.28. The lowest BCUT2D eigenvalue weighted by molar-refractivity contribution is -0.122. The molecule has 1 aromatic heterocycles. The van der Waals surface area contributed by atoms with E-state index in [1.807, 2.05) is 18.2 Å². The normalized spacial score (nSPS) is 16.0. The van der Waals surface area contributed by atoms with Crippen LogP contribution in [0.1, 0.15) is 28.6 Å². The monoisotopic (exact) mass is 409 g/mol. The van der Waals surface area contributed by atoms with Crippen LogP contribution in [0.4, 0.5) is 0 Å². The van der Waals surface area contributed by atoms with Crippen LogP contribution in [0.3, 0.4) is 0 Å². The van der Waals surface area contributed by atoms with Gasteiger partial charge in [-0.05, 0) is 24.6 Å². The molecule has 1 atom stereocenters. The maximum absolute atomic E-state index is 12.7. The Morgan fingerprint density at radius 3 is 2.69 bits per heavy atom. The van der Waals surface area contributed by atoms with Crippen LogP contribution in [0.15, 0.2) is 48.5 Å². The smallest absolute Gasteiger partial charge is 0.220 e. The van der Waals surface area contributed by atoms with Crippen LogP contribution in [0, 0.1) is 6.92 Å². The Kier molecular flexibility index (Phi) is 6.54. The highest BCUT2D eigenvalue weighted by Gasteiger charge is 2.20. The Bertz CT molecular complexity index is 915. The molecular formula is C23H27N3O2S. The molecule has 3 aromatic rings. The molecule has 1 saturated heterocycles. The number of hydrogen-bond acceptors (Lipinski definition) is 5. The van der Waals surface area contributed by atoms with E-state index in [-0.39, 0.29) is 11.9 Å². The molecule has 0 radical (unpaired) electrons. The number of morpholine rings is 1. The molecule has 29 heavy (non-hydrogen) atoms. The second kappa shape index (κ2) is 9.48. The quantitative estimate of drug-likeness (QED) is 0.646. The van der Waals surface area contributed by atoms with Crippen molar-refractivity contribution < 1.29 is 9.53 Å². The summed E-state index contributed by atoms with van der Waals surface area (Å²) >= 11 is 1.67. The summed E-state index contributed by atoms with van der Waals surface area (Å²) in [6.45, 7) is 6.21. The number of amides is 1. The van der Waals surface area contributed by atoms with Gasteiger partial charge in [-0.3, -0.25) is 9.69 Å². The lowest BCUT2D eigenvalue weighted by Gasteiger charge is -2.31. The molecule has 5 nitrogen and oxygen atoms in total. The molecule has 1 aliphatic heterocycles. The van der Waals surface area contributed by atoms with E-state index in [1.165, 1.54) is 10.3 Å². The van der Waals surface area contributed by atoms with Gasteiger partial charge in [0.1, 0.15) is 0 Å². The van der Waals surface area contributed by atoms with Crippen LogP contribution in [0.5, 0.6) is 0 Å². The Balaban J connectivity index is 1.39. The van der Waals surface area contributed by atoms with Gasteiger partial charge in [-0.2, -0.15) is 0 Å². The highest BCUT2D eigenvalue weighted by Crippen LogP contribution is 2.23. The molecule has 0 spiro atoms. The van der Waals surface area contributed by atoms with Crippen LogP contribution >= 0.6 is 11.3 Å². The molecule has 6 heteroatoms. The van der Waals surface area contributed by atoms with E-state index in [0.717, 1.165) is 48.9 Å². The number of hydrogen-bond donors (Lipinski definition) is 1. The predicted molar refractivity (Wildman–Crippen MR) is 117 cm³/mol. The number of benzene rings is 2. The van der Waals surface area contributed by atoms with Crippen LogP contribution in [0.25, 0.3) is 10.2 Å². The van der Waals surface area contributed by atoms with Gasteiger partial charge in [0.05, 0.1) is 34.5 Å². The van der Waals surface area contributed by atoms with Gasteiger partial charge < -0.3 is 10.1 Å². The summed E-state index contributed by atoms with van der Waals surface area (Å²) in [5.74, 6) is 0.0723. The number of carbonyl (C=O) groups is 1. The number of nitrogens with one attached hydrogen (secondary N) is 1. The maximum Gasteiger partial charge on any atom is 0.220 e. The van der Waals surface area contributed by atoms with Gasteiger partial charge in [0.2, 0.25) is 5.91 Å². The second-order valence-corrected chi connectivity index (χ2v) is 8.63. The fourth-order valence-electron chi connectivity index (χ4n) is 3.59. The number of ether oxygens (including phenoxy) is 1. The summed E-state index contributed by atoms with van der Waals surface area (Å²) in [5.41, 5.74) is 3.38. The van der Waals surface area contributed by atoms with Crippen molar-refractivity contribution in [3.05, 3.63) is 64.7 Å². The zero-order chi connectivity index (χ0) is 20.1. The molecule has 0 unspecified atom stereocenters. The number of carbonyl (C=O) groups excluding carboxylic acids is 1. The van der Waals surface area contributed by atoms with E-state index in [2.05, 4.69) is 52.5 Å². The van der Waals surface area contributed by atoms with Crippen molar-refractivity contribution in [1.29, 1.82) is 0 Å². The first kappa shape index (κ1) is 20.0. The van der Waals surface area contributed by atoms with Crippen molar-refractivity contribution in [2.45, 2.75) is 25.8 Å². The summed E-state index contributed by atoms with van der Waals surface area (Å²) in [5, 5.41) is 4.27. The summed E-state index contributed by atoms with van der Waals surface area (Å²) in [6.07, 6.45) is 1.12. The van der Waals surface area contributed by atoms with Crippen molar-refractivity contribution in [2.75, 3.05) is 32.8 Å². The third-order valence-corrected chi connectivity index (χ3v) is 6.36. The van der Waals surface area contributed by atoms with E-state index in [4.69, 9.17) is 4.74 Å². The first-order valence-electron chi connectivity index (χ1n) is 10.2. The van der Waals surface area contributed by atoms with Crippen LogP contribution in [-0.2, 0) is 16.0 Å². The van der Waals surface area contributed by atoms with Gasteiger partial charge in [-0.15, -0.1) is 11.3 Å². The Labute approximate surface area is 175 Å². The third-order valence-electron chi connectivity index (χ3n) is 5.26. The second-order valence-electron chi connectivity index (χ2n) is 7.52. The summed E-state index contributed by atoms with van der Waals surface area (Å²) < 4.78 is 6.64. The maximum atomic E-state index is 12.7. The number of para-hydroxylation sites is 1. The van der Waals surface area contributed by atoms with Crippen molar-refractivity contribution in [2.24, 2.45) is 0 Å². The molecule has 1 N–H and O–H groups in total. The molecule has 1 amide bonds. The SMILES string of the molecule is Cc1ccc([C@@H](CN2CCOCC2)NC(=O)CCc2nc3ccccc3s2)cc1. The highest BCUT2D eigenvalue weighted by molar-refractivity contribution is 7.18. The van der Waals surface area contributed by atoms with Gasteiger partial charge >= 0.3 is 0 Å². The standard InChI is InChI=1S/C23H27N3O2S/c1-17-6-8-18(9-7-17)20(16-26-12-14-28-15-13-26)24-22(27)10-11-23-25-19-4-2-3-5-21(19)29-23/h2-9,20H,10-16H2,1H3,(H,24,27)/t20-/m1/s1. The predicted octanol–water partition coefficient (Wildman–Crippen LogP) is 3.73. The first-order chi connectivity index (χ1) is 14.2. The highest BCUT2D eigenvalue weighted by atomic mass is 32.1. The van der Waals surface area contributed by atoms with Gasteiger partial charge in [0, 0.05) is 32.5 Å². The summed E-state index contributed by atoms with van der Waals surface area (Å²) in [4.78, 5) is 19.8. The molecule has 0 saturated carbocycles. The van der Waals surface area contributed by atoms with Crippen LogP contribution in [-0.4, -0.2) is 48.6 Å². The zero-order valence-electron chi connectivity index (χ0n) is 16.8. The number of aromatic nitrogens is 1. The minimum absolute atomic E-state index is 0.0171. The van der Waals surface area contributed by atoms with Gasteiger partial charge in [-0.25, -0.2) is 4.98 Å². The molecular weight excluding hydrogens is 382 g/mol. The van der Waals surface area contributed by atoms with Crippen LogP contribution in [0.2, 0.25) is 0 Å². The fourth-order valence-corrected chi connectivity index (χ4v) is 4.56. The average Bonchev–Trinajstić information content (AvgIpc) is 3.16. The van der Waals surface area contributed by atoms with Gasteiger partial charge in [-0.1, -0.05) is 42.0 Å². The lowest BCUT2D eigenvalue weighted by Crippen LogP contribution is -2.43. The molecule has 0 bridgehead atoms. The lowest BCUT2D eigenvalue weighted by atomic mass is 10.0. The minimum Gasteiger partial charge on any atom is -0.379 e. The number of aryl methyl sites for hydroxylation is 2. The van der Waals surface area contributed by atoms with Crippen molar-refractivity contribution in [1.82, 2.24) is 15.2 Å². The largest absolute Gasteiger partial charge is 0.379 e. The van der Waals surface area contributed by atoms with Gasteiger partial charge in [0.25, 0.3) is 0 Å². The topological polar surface area (TPSA) is 54.5 Å². The molecule has 4 rings (SSSR count). The molecule has 152 valence electrons. The third kappa shape index (κ3) is 5.41. The molecule has 1 fully saturated rings. The van der Waals surface area contributed by atoms with E-state index in [1.54, 1.807) is 11.3 Å². The molecule has 2 heterocycles. The Morgan fingerprint density at radius 1 is 1.17 bits per heavy atom. The Morgan fingerprint density at radius 2 is 1.93 bits per heavy atom. The van der Waals surface area contributed by atoms with E-state index in [0.29, 0.717) is 12.8 Å². The molecule has 2 aromatic carbocycles. The number of thiazole rings is 1. The van der Waals surface area contributed by atoms with Crippen molar-refractivity contribution in [3.63, 3.8) is 0 Å². The number of rotatable bonds is 7. The van der Waals surface area contributed by atoms with E-state index < -0.39 is 0 Å². The number of fused-ring (bicyclic) bond motifs is 1. The zero-order valence-corrected chi connectivity index (χ0v) is 17.6. The first-order valence-corrected chi connectivity index (χ1v) is 11.0. The van der Waals surface area contributed by atoms with Crippen molar-refractivity contribution >= 4 is 27.5 Å². The average molecular weight is 410 g/mol. The van der Waals surface area contributed by atoms with Gasteiger partial charge in [0.15, 0.2) is 0 Å². The molecule has 1 aliphatic rings. The van der Waals surface area contributed by atoms with E-state index >= 15 is 0 Å².